The van der Waals surface area contributed by atoms with Crippen LogP contribution in [-0.2, 0) is 4.79 Å². The van der Waals surface area contributed by atoms with E-state index in [9.17, 15) is 31.5 Å². The molecule has 0 aromatic heterocycles. The first kappa shape index (κ1) is 19.2. The lowest BCUT2D eigenvalue weighted by Gasteiger charge is -2.27. The van der Waals surface area contributed by atoms with E-state index in [-0.39, 0.29) is 5.02 Å². The Kier molecular flexibility index (Phi) is 5.12. The molecule has 11 heteroatoms. The van der Waals surface area contributed by atoms with E-state index in [4.69, 9.17) is 16.7 Å². The van der Waals surface area contributed by atoms with Crippen molar-refractivity contribution in [3.8, 4) is 5.75 Å². The summed E-state index contributed by atoms with van der Waals surface area (Å²) >= 11 is 5.70. The molecule has 0 bridgehead atoms. The van der Waals surface area contributed by atoms with Gasteiger partial charge in [-0.15, -0.1) is 0 Å². The van der Waals surface area contributed by atoms with E-state index in [2.05, 4.69) is 4.74 Å². The molecule has 0 aliphatic carbocycles. The molecular weight excluding hydrogens is 377 g/mol. The van der Waals surface area contributed by atoms with Gasteiger partial charge in [0.15, 0.2) is 5.41 Å². The molecule has 0 spiro atoms. The van der Waals surface area contributed by atoms with E-state index in [1.807, 2.05) is 0 Å². The smallest absolute Gasteiger partial charge is 0.406 e. The first-order valence-electron chi connectivity index (χ1n) is 6.82. The average molecular weight is 388 g/mol. The number of carbonyl (C=O) groups excluding carboxylic acids is 1. The van der Waals surface area contributed by atoms with Gasteiger partial charge in [0.2, 0.25) is 0 Å². The molecule has 1 aliphatic rings. The minimum Gasteiger partial charge on any atom is -0.481 e. The van der Waals surface area contributed by atoms with Gasteiger partial charge in [0.25, 0.3) is 5.91 Å². The van der Waals surface area contributed by atoms with Crippen LogP contribution in [0.15, 0.2) is 18.2 Å². The van der Waals surface area contributed by atoms with E-state index >= 15 is 0 Å². The number of aliphatic carboxylic acids is 1. The Morgan fingerprint density at radius 2 is 1.96 bits per heavy atom. The van der Waals surface area contributed by atoms with Gasteiger partial charge >= 0.3 is 18.8 Å². The fraction of sp³-hybridized carbons (Fsp3) is 0.429. The zero-order valence-corrected chi connectivity index (χ0v) is 13.1. The standard InChI is InChI=1S/C14H11ClF5NO4/c15-7-1-2-9(25-12(16)17)8(5-7)10(22)21-4-3-13(6-21,11(23)24)14(18,19)20/h1-2,5,12H,3-4,6H2,(H,23,24). The molecule has 1 heterocycles. The second-order valence-electron chi connectivity index (χ2n) is 5.38. The summed E-state index contributed by atoms with van der Waals surface area (Å²) < 4.78 is 68.5. The monoisotopic (exact) mass is 387 g/mol. The number of carbonyl (C=O) groups is 2. The maximum Gasteiger partial charge on any atom is 0.406 e. The van der Waals surface area contributed by atoms with Gasteiger partial charge in [-0.3, -0.25) is 9.59 Å². The van der Waals surface area contributed by atoms with Crippen LogP contribution in [0.5, 0.6) is 5.75 Å². The van der Waals surface area contributed by atoms with Crippen molar-refractivity contribution < 1.29 is 41.4 Å². The molecule has 2 rings (SSSR count). The summed E-state index contributed by atoms with van der Waals surface area (Å²) in [6.45, 7) is -4.91. The third-order valence-electron chi connectivity index (χ3n) is 3.90. The first-order valence-corrected chi connectivity index (χ1v) is 7.19. The van der Waals surface area contributed by atoms with Crippen molar-refractivity contribution in [2.45, 2.75) is 19.2 Å². The number of rotatable bonds is 4. The molecule has 5 nitrogen and oxygen atoms in total. The molecule has 0 saturated carbocycles. The summed E-state index contributed by atoms with van der Waals surface area (Å²) in [4.78, 5) is 24.2. The van der Waals surface area contributed by atoms with Crippen molar-refractivity contribution in [3.63, 3.8) is 0 Å². The molecule has 1 unspecified atom stereocenters. The highest BCUT2D eigenvalue weighted by Crippen LogP contribution is 2.46. The Morgan fingerprint density at radius 3 is 2.44 bits per heavy atom. The third-order valence-corrected chi connectivity index (χ3v) is 4.13. The predicted molar refractivity (Wildman–Crippen MR) is 74.7 cm³/mol. The van der Waals surface area contributed by atoms with E-state index < -0.39 is 60.9 Å². The van der Waals surface area contributed by atoms with E-state index in [0.29, 0.717) is 4.90 Å². The van der Waals surface area contributed by atoms with Gasteiger partial charge in [-0.05, 0) is 24.6 Å². The number of hydrogen-bond donors (Lipinski definition) is 1. The molecule has 1 amide bonds. The lowest BCUT2D eigenvalue weighted by Crippen LogP contribution is -2.47. The van der Waals surface area contributed by atoms with Gasteiger partial charge in [0.1, 0.15) is 5.75 Å². The number of amides is 1. The average Bonchev–Trinajstić information content (AvgIpc) is 2.94. The zero-order chi connectivity index (χ0) is 19.0. The maximum atomic E-state index is 13.2. The molecule has 138 valence electrons. The second-order valence-corrected chi connectivity index (χ2v) is 5.82. The molecule has 25 heavy (non-hydrogen) atoms. The Bertz CT molecular complexity index is 696. The highest BCUT2D eigenvalue weighted by atomic mass is 35.5. The van der Waals surface area contributed by atoms with Crippen LogP contribution < -0.4 is 4.74 Å². The summed E-state index contributed by atoms with van der Waals surface area (Å²) in [5, 5.41) is 8.96. The predicted octanol–water partition coefficient (Wildman–Crippen LogP) is 3.42. The summed E-state index contributed by atoms with van der Waals surface area (Å²) in [5.74, 6) is -3.75. The van der Waals surface area contributed by atoms with Gasteiger partial charge in [0, 0.05) is 18.1 Å². The van der Waals surface area contributed by atoms with Crippen LogP contribution in [0.4, 0.5) is 22.0 Å². The number of benzene rings is 1. The molecule has 1 atom stereocenters. The van der Waals surface area contributed by atoms with Crippen molar-refractivity contribution in [2.75, 3.05) is 13.1 Å². The summed E-state index contributed by atoms with van der Waals surface area (Å²) in [5.41, 5.74) is -3.58. The number of likely N-dealkylation sites (tertiary alicyclic amines) is 1. The van der Waals surface area contributed by atoms with E-state index in [1.54, 1.807) is 0 Å². The topological polar surface area (TPSA) is 66.8 Å². The van der Waals surface area contributed by atoms with Crippen molar-refractivity contribution >= 4 is 23.5 Å². The molecular formula is C14H11ClF5NO4. The van der Waals surface area contributed by atoms with Crippen LogP contribution in [0.1, 0.15) is 16.8 Å². The SMILES string of the molecule is O=C(c1cc(Cl)ccc1OC(F)F)N1CCC(C(=O)O)(C(F)(F)F)C1. The van der Waals surface area contributed by atoms with Crippen molar-refractivity contribution in [1.82, 2.24) is 4.90 Å². The third kappa shape index (κ3) is 3.63. The number of hydrogen-bond acceptors (Lipinski definition) is 3. The Balaban J connectivity index is 2.34. The second kappa shape index (κ2) is 6.66. The number of ether oxygens (including phenoxy) is 1. The number of alkyl halides is 5. The quantitative estimate of drug-likeness (QED) is 0.804. The Morgan fingerprint density at radius 1 is 1.32 bits per heavy atom. The fourth-order valence-electron chi connectivity index (χ4n) is 2.55. The maximum absolute atomic E-state index is 13.2. The largest absolute Gasteiger partial charge is 0.481 e. The number of halogens is 6. The molecule has 1 N–H and O–H groups in total. The fourth-order valence-corrected chi connectivity index (χ4v) is 2.72. The van der Waals surface area contributed by atoms with Gasteiger partial charge in [-0.1, -0.05) is 11.6 Å². The molecule has 1 aliphatic heterocycles. The number of carboxylic acids is 1. The van der Waals surface area contributed by atoms with E-state index in [1.165, 1.54) is 0 Å². The minimum atomic E-state index is -5.08. The van der Waals surface area contributed by atoms with Gasteiger partial charge < -0.3 is 14.7 Å². The molecule has 0 radical (unpaired) electrons. The van der Waals surface area contributed by atoms with Gasteiger partial charge in [-0.2, -0.15) is 22.0 Å². The summed E-state index contributed by atoms with van der Waals surface area (Å²) in [7, 11) is 0. The summed E-state index contributed by atoms with van der Waals surface area (Å²) in [6, 6.07) is 3.11. The number of nitrogens with zero attached hydrogens (tertiary/aromatic N) is 1. The number of carboxylic acid groups (broad SMARTS) is 1. The molecule has 1 aromatic rings. The highest BCUT2D eigenvalue weighted by Gasteiger charge is 2.64. The van der Waals surface area contributed by atoms with Crippen LogP contribution in [0.25, 0.3) is 0 Å². The molecule has 1 aromatic carbocycles. The van der Waals surface area contributed by atoms with Crippen molar-refractivity contribution in [2.24, 2.45) is 5.41 Å². The van der Waals surface area contributed by atoms with Gasteiger partial charge in [0.05, 0.1) is 5.56 Å². The molecule has 1 saturated heterocycles. The lowest BCUT2D eigenvalue weighted by molar-refractivity contribution is -0.227. The first-order chi connectivity index (χ1) is 11.5. The Hall–Kier alpha value is -2.10. The highest BCUT2D eigenvalue weighted by molar-refractivity contribution is 6.31. The molecule has 1 fully saturated rings. The Labute approximate surface area is 142 Å². The normalized spacial score (nSPS) is 20.8. The lowest BCUT2D eigenvalue weighted by atomic mass is 9.86. The zero-order valence-electron chi connectivity index (χ0n) is 12.3. The summed E-state index contributed by atoms with van der Waals surface area (Å²) in [6.07, 6.45) is -5.92. The van der Waals surface area contributed by atoms with Crippen LogP contribution in [0, 0.1) is 5.41 Å². The van der Waals surface area contributed by atoms with Crippen molar-refractivity contribution in [3.05, 3.63) is 28.8 Å². The minimum absolute atomic E-state index is 0.0236. The van der Waals surface area contributed by atoms with Crippen LogP contribution in [0.3, 0.4) is 0 Å². The van der Waals surface area contributed by atoms with Gasteiger partial charge in [-0.25, -0.2) is 0 Å². The van der Waals surface area contributed by atoms with E-state index in [0.717, 1.165) is 18.2 Å². The van der Waals surface area contributed by atoms with Crippen molar-refractivity contribution in [1.29, 1.82) is 0 Å². The van der Waals surface area contributed by atoms with Crippen LogP contribution in [0.2, 0.25) is 5.02 Å². The van der Waals surface area contributed by atoms with Crippen LogP contribution in [-0.4, -0.2) is 47.8 Å². The van der Waals surface area contributed by atoms with Crippen LogP contribution >= 0.6 is 11.6 Å².